The second-order valence-corrected chi connectivity index (χ2v) is 10.5. The molecule has 0 bridgehead atoms. The first kappa shape index (κ1) is 21.7. The van der Waals surface area contributed by atoms with Crippen molar-refractivity contribution in [3.8, 4) is 45.3 Å². The molecule has 186 valence electrons. The van der Waals surface area contributed by atoms with Gasteiger partial charge in [0, 0.05) is 16.2 Å². The lowest BCUT2D eigenvalue weighted by Crippen LogP contribution is -2.57. The number of ether oxygens (including phenoxy) is 2. The molecule has 0 atom stereocenters. The fourth-order valence-corrected chi connectivity index (χ4v) is 6.32. The van der Waals surface area contributed by atoms with Crippen LogP contribution in [-0.2, 0) is 0 Å². The molecule has 0 saturated heterocycles. The van der Waals surface area contributed by atoms with E-state index in [0.717, 1.165) is 72.7 Å². The maximum Gasteiger partial charge on any atom is 0.260 e. The molecule has 0 aliphatic carbocycles. The SMILES string of the molecule is c1ccc2c(c1)Oc1cc(-c3ccc(-c4ccc5oc6ccccc6c5c4)cc3)cc3c1B2c1ccccc1O3. The molecule has 0 spiro atoms. The smallest absolute Gasteiger partial charge is 0.260 e. The van der Waals surface area contributed by atoms with E-state index in [9.17, 15) is 0 Å². The molecule has 2 aliphatic rings. The van der Waals surface area contributed by atoms with Crippen LogP contribution in [0.25, 0.3) is 44.2 Å². The maximum atomic E-state index is 6.47. The molecule has 1 aromatic heterocycles. The van der Waals surface area contributed by atoms with Gasteiger partial charge < -0.3 is 13.9 Å². The summed E-state index contributed by atoms with van der Waals surface area (Å²) in [4.78, 5) is 0. The predicted octanol–water partition coefficient (Wildman–Crippen LogP) is 7.65. The van der Waals surface area contributed by atoms with E-state index in [2.05, 4.69) is 103 Å². The van der Waals surface area contributed by atoms with Crippen molar-refractivity contribution in [1.82, 2.24) is 0 Å². The summed E-state index contributed by atoms with van der Waals surface area (Å²) in [6.07, 6.45) is 0. The predicted molar refractivity (Wildman–Crippen MR) is 162 cm³/mol. The van der Waals surface area contributed by atoms with Gasteiger partial charge in [-0.3, -0.25) is 0 Å². The number of benzene rings is 6. The lowest BCUT2D eigenvalue weighted by molar-refractivity contribution is 0.465. The van der Waals surface area contributed by atoms with E-state index in [0.29, 0.717) is 0 Å². The topological polar surface area (TPSA) is 31.6 Å². The summed E-state index contributed by atoms with van der Waals surface area (Å²) < 4.78 is 19.0. The normalized spacial score (nSPS) is 12.8. The van der Waals surface area contributed by atoms with Crippen molar-refractivity contribution in [2.75, 3.05) is 0 Å². The average Bonchev–Trinajstić information content (AvgIpc) is 3.39. The minimum atomic E-state index is 0.0882. The van der Waals surface area contributed by atoms with Crippen LogP contribution >= 0.6 is 0 Å². The Morgan fingerprint density at radius 1 is 0.400 bits per heavy atom. The maximum absolute atomic E-state index is 6.47. The van der Waals surface area contributed by atoms with Crippen LogP contribution in [0.3, 0.4) is 0 Å². The van der Waals surface area contributed by atoms with Crippen LogP contribution in [0.1, 0.15) is 0 Å². The fourth-order valence-electron chi connectivity index (χ4n) is 6.32. The second kappa shape index (κ2) is 8.14. The molecule has 2 aliphatic heterocycles. The van der Waals surface area contributed by atoms with E-state index >= 15 is 0 Å². The highest BCUT2D eigenvalue weighted by Gasteiger charge is 2.40. The first-order valence-electron chi connectivity index (χ1n) is 13.5. The Bertz CT molecular complexity index is 2050. The molecule has 6 aromatic carbocycles. The van der Waals surface area contributed by atoms with Crippen molar-refractivity contribution in [3.63, 3.8) is 0 Å². The van der Waals surface area contributed by atoms with Gasteiger partial charge in [0.05, 0.1) is 0 Å². The number of rotatable bonds is 2. The van der Waals surface area contributed by atoms with Crippen molar-refractivity contribution in [1.29, 1.82) is 0 Å². The molecule has 3 heterocycles. The monoisotopic (exact) mass is 512 g/mol. The average molecular weight is 512 g/mol. The van der Waals surface area contributed by atoms with Gasteiger partial charge in [0.1, 0.15) is 34.2 Å². The summed E-state index contributed by atoms with van der Waals surface area (Å²) >= 11 is 0. The molecule has 7 aromatic rings. The summed E-state index contributed by atoms with van der Waals surface area (Å²) in [7, 11) is 0. The Hall–Kier alpha value is -5.22. The zero-order chi connectivity index (χ0) is 26.2. The number of fused-ring (bicyclic) bond motifs is 7. The van der Waals surface area contributed by atoms with E-state index in [-0.39, 0.29) is 6.71 Å². The molecule has 0 amide bonds. The molecule has 40 heavy (non-hydrogen) atoms. The van der Waals surface area contributed by atoms with Gasteiger partial charge in [0.25, 0.3) is 6.71 Å². The summed E-state index contributed by atoms with van der Waals surface area (Å²) in [5, 5.41) is 2.27. The molecule has 0 saturated carbocycles. The Labute approximate surface area is 231 Å². The van der Waals surface area contributed by atoms with Crippen LogP contribution in [0.15, 0.2) is 132 Å². The molecule has 0 unspecified atom stereocenters. The Morgan fingerprint density at radius 3 is 1.65 bits per heavy atom. The van der Waals surface area contributed by atoms with Crippen LogP contribution in [0.4, 0.5) is 0 Å². The van der Waals surface area contributed by atoms with Crippen LogP contribution in [-0.4, -0.2) is 6.71 Å². The van der Waals surface area contributed by atoms with Gasteiger partial charge in [-0.05, 0) is 75.6 Å². The van der Waals surface area contributed by atoms with Crippen molar-refractivity contribution < 1.29 is 13.9 Å². The molecule has 0 N–H and O–H groups in total. The van der Waals surface area contributed by atoms with Crippen molar-refractivity contribution in [3.05, 3.63) is 127 Å². The molecular formula is C36H21BO3. The molecule has 0 fully saturated rings. The minimum absolute atomic E-state index is 0.0882. The lowest BCUT2D eigenvalue weighted by Gasteiger charge is -2.33. The number of hydrogen-bond donors (Lipinski definition) is 0. The van der Waals surface area contributed by atoms with E-state index in [1.54, 1.807) is 0 Å². The molecule has 3 nitrogen and oxygen atoms in total. The van der Waals surface area contributed by atoms with E-state index in [1.165, 1.54) is 10.9 Å². The highest BCUT2D eigenvalue weighted by Crippen LogP contribution is 2.39. The van der Waals surface area contributed by atoms with Gasteiger partial charge in [-0.15, -0.1) is 0 Å². The van der Waals surface area contributed by atoms with E-state index in [4.69, 9.17) is 13.9 Å². The first-order chi connectivity index (χ1) is 19.8. The van der Waals surface area contributed by atoms with Crippen LogP contribution in [0, 0.1) is 0 Å². The quantitative estimate of drug-likeness (QED) is 0.223. The second-order valence-electron chi connectivity index (χ2n) is 10.5. The van der Waals surface area contributed by atoms with Gasteiger partial charge in [0.15, 0.2) is 0 Å². The molecule has 4 heteroatoms. The Balaban J connectivity index is 1.13. The summed E-state index contributed by atoms with van der Waals surface area (Å²) in [6.45, 7) is 0.0882. The largest absolute Gasteiger partial charge is 0.458 e. The van der Waals surface area contributed by atoms with Crippen LogP contribution in [0.2, 0.25) is 0 Å². The summed E-state index contributed by atoms with van der Waals surface area (Å²) in [6, 6.07) is 44.2. The minimum Gasteiger partial charge on any atom is -0.458 e. The van der Waals surface area contributed by atoms with Crippen molar-refractivity contribution >= 4 is 45.0 Å². The van der Waals surface area contributed by atoms with Crippen molar-refractivity contribution in [2.45, 2.75) is 0 Å². The third kappa shape index (κ3) is 3.14. The number of furan rings is 1. The zero-order valence-electron chi connectivity index (χ0n) is 21.4. The highest BCUT2D eigenvalue weighted by atomic mass is 16.5. The van der Waals surface area contributed by atoms with Gasteiger partial charge in [-0.25, -0.2) is 0 Å². The van der Waals surface area contributed by atoms with E-state index < -0.39 is 0 Å². The summed E-state index contributed by atoms with van der Waals surface area (Å²) in [5.41, 5.74) is 9.76. The first-order valence-corrected chi connectivity index (χ1v) is 13.5. The van der Waals surface area contributed by atoms with Gasteiger partial charge >= 0.3 is 0 Å². The lowest BCUT2D eigenvalue weighted by atomic mass is 9.35. The van der Waals surface area contributed by atoms with Gasteiger partial charge in [0.2, 0.25) is 0 Å². The standard InChI is InChI=1S/C36H21BO3/c1-4-10-30-26(7-1)27-19-24(17-18-31(27)38-30)22-13-15-23(16-14-22)25-20-34-36-35(21-25)40-33-12-6-3-9-29(33)37(36)28-8-2-5-11-32(28)39-34/h1-21H. The third-order valence-corrected chi connectivity index (χ3v) is 8.22. The van der Waals surface area contributed by atoms with Crippen molar-refractivity contribution in [2.24, 2.45) is 0 Å². The Morgan fingerprint density at radius 2 is 0.950 bits per heavy atom. The number of para-hydroxylation sites is 3. The van der Waals surface area contributed by atoms with E-state index in [1.807, 2.05) is 24.3 Å². The molecule has 0 radical (unpaired) electrons. The van der Waals surface area contributed by atoms with Crippen LogP contribution < -0.4 is 25.9 Å². The van der Waals surface area contributed by atoms with Gasteiger partial charge in [-0.1, -0.05) is 84.9 Å². The third-order valence-electron chi connectivity index (χ3n) is 8.22. The highest BCUT2D eigenvalue weighted by molar-refractivity contribution is 6.98. The summed E-state index contributed by atoms with van der Waals surface area (Å²) in [5.74, 6) is 3.51. The zero-order valence-corrected chi connectivity index (χ0v) is 21.4. The molecule has 9 rings (SSSR count). The van der Waals surface area contributed by atoms with Crippen LogP contribution in [0.5, 0.6) is 23.0 Å². The Kier molecular flexibility index (Phi) is 4.41. The van der Waals surface area contributed by atoms with Gasteiger partial charge in [-0.2, -0.15) is 0 Å². The number of hydrogen-bond acceptors (Lipinski definition) is 3. The fraction of sp³-hybridized carbons (Fsp3) is 0. The molecular weight excluding hydrogens is 491 g/mol.